The highest BCUT2D eigenvalue weighted by molar-refractivity contribution is 7.13. The zero-order valence-corrected chi connectivity index (χ0v) is 16.9. The molecule has 0 unspecified atom stereocenters. The Kier molecular flexibility index (Phi) is 5.84. The molecule has 29 heavy (non-hydrogen) atoms. The van der Waals surface area contributed by atoms with E-state index in [-0.39, 0.29) is 5.91 Å². The SMILES string of the molecule is O=C(Nc1cnc(NCc2ccccn2)c(Cl)c1)c1cccc(-c2cccs2)c1. The Morgan fingerprint density at radius 3 is 2.72 bits per heavy atom. The summed E-state index contributed by atoms with van der Waals surface area (Å²) >= 11 is 7.96. The van der Waals surface area contributed by atoms with Gasteiger partial charge in [0.1, 0.15) is 5.82 Å². The first-order valence-electron chi connectivity index (χ1n) is 8.94. The first kappa shape index (κ1) is 19.1. The van der Waals surface area contributed by atoms with Crippen molar-refractivity contribution in [3.63, 3.8) is 0 Å². The topological polar surface area (TPSA) is 66.9 Å². The Labute approximate surface area is 177 Å². The molecule has 0 fully saturated rings. The molecule has 2 N–H and O–H groups in total. The van der Waals surface area contributed by atoms with Crippen LogP contribution in [-0.4, -0.2) is 15.9 Å². The number of nitrogens with one attached hydrogen (secondary N) is 2. The van der Waals surface area contributed by atoms with Gasteiger partial charge in [0.15, 0.2) is 0 Å². The Morgan fingerprint density at radius 1 is 1.03 bits per heavy atom. The number of amides is 1. The minimum absolute atomic E-state index is 0.213. The van der Waals surface area contributed by atoms with Crippen LogP contribution in [-0.2, 0) is 6.54 Å². The second-order valence-corrected chi connectivity index (χ2v) is 7.60. The van der Waals surface area contributed by atoms with E-state index in [1.165, 1.54) is 0 Å². The molecule has 0 bridgehead atoms. The fourth-order valence-corrected chi connectivity index (χ4v) is 3.73. The predicted molar refractivity (Wildman–Crippen MR) is 119 cm³/mol. The summed E-state index contributed by atoms with van der Waals surface area (Å²) in [6.45, 7) is 0.509. The van der Waals surface area contributed by atoms with Crippen molar-refractivity contribution in [2.45, 2.75) is 6.54 Å². The van der Waals surface area contributed by atoms with Crippen LogP contribution in [0.2, 0.25) is 5.02 Å². The van der Waals surface area contributed by atoms with E-state index in [9.17, 15) is 4.79 Å². The number of benzene rings is 1. The number of pyridine rings is 2. The number of nitrogens with zero attached hydrogens (tertiary/aromatic N) is 2. The molecule has 0 atom stereocenters. The van der Waals surface area contributed by atoms with Crippen LogP contribution in [0, 0.1) is 0 Å². The van der Waals surface area contributed by atoms with Crippen molar-refractivity contribution < 1.29 is 4.79 Å². The van der Waals surface area contributed by atoms with Crippen molar-refractivity contribution in [3.05, 3.63) is 94.7 Å². The molecular weight excluding hydrogens is 404 g/mol. The summed E-state index contributed by atoms with van der Waals surface area (Å²) in [6.07, 6.45) is 3.31. The van der Waals surface area contributed by atoms with Crippen molar-refractivity contribution in [1.82, 2.24) is 9.97 Å². The molecule has 7 heteroatoms. The lowest BCUT2D eigenvalue weighted by molar-refractivity contribution is 0.102. The van der Waals surface area contributed by atoms with E-state index in [1.54, 1.807) is 35.9 Å². The predicted octanol–water partition coefficient (Wildman–Crippen LogP) is 5.72. The van der Waals surface area contributed by atoms with E-state index in [2.05, 4.69) is 20.6 Å². The lowest BCUT2D eigenvalue weighted by Gasteiger charge is -2.10. The van der Waals surface area contributed by atoms with Gasteiger partial charge in [-0.15, -0.1) is 11.3 Å². The van der Waals surface area contributed by atoms with Gasteiger partial charge in [-0.3, -0.25) is 9.78 Å². The quantitative estimate of drug-likeness (QED) is 0.418. The first-order chi connectivity index (χ1) is 14.2. The van der Waals surface area contributed by atoms with Crippen LogP contribution < -0.4 is 10.6 Å². The van der Waals surface area contributed by atoms with E-state index >= 15 is 0 Å². The molecule has 4 rings (SSSR count). The largest absolute Gasteiger partial charge is 0.363 e. The number of carbonyl (C=O) groups excluding carboxylic acids is 1. The molecular formula is C22H17ClN4OS. The Balaban J connectivity index is 1.43. The number of aromatic nitrogens is 2. The van der Waals surface area contributed by atoms with Gasteiger partial charge in [-0.25, -0.2) is 4.98 Å². The van der Waals surface area contributed by atoms with Gasteiger partial charge < -0.3 is 10.6 Å². The summed E-state index contributed by atoms with van der Waals surface area (Å²) in [5, 5.41) is 8.43. The lowest BCUT2D eigenvalue weighted by atomic mass is 10.1. The van der Waals surface area contributed by atoms with Gasteiger partial charge >= 0.3 is 0 Å². The molecule has 3 aromatic heterocycles. The van der Waals surface area contributed by atoms with Crippen LogP contribution in [0.1, 0.15) is 16.1 Å². The third-order valence-corrected chi connectivity index (χ3v) is 5.40. The van der Waals surface area contributed by atoms with Crippen LogP contribution in [0.15, 0.2) is 78.4 Å². The molecule has 0 aliphatic carbocycles. The third-order valence-electron chi connectivity index (χ3n) is 4.19. The van der Waals surface area contributed by atoms with Gasteiger partial charge in [-0.05, 0) is 47.3 Å². The summed E-state index contributed by atoms with van der Waals surface area (Å²) in [4.78, 5) is 22.3. The molecule has 1 amide bonds. The summed E-state index contributed by atoms with van der Waals surface area (Å²) in [5.74, 6) is 0.325. The Hall–Kier alpha value is -3.22. The molecule has 0 aliphatic rings. The monoisotopic (exact) mass is 420 g/mol. The highest BCUT2D eigenvalue weighted by Crippen LogP contribution is 2.26. The van der Waals surface area contributed by atoms with Gasteiger partial charge in [0.25, 0.3) is 5.91 Å². The van der Waals surface area contributed by atoms with E-state index in [0.717, 1.165) is 16.1 Å². The average Bonchev–Trinajstić information content (AvgIpc) is 3.29. The standard InChI is InChI=1S/C22H17ClN4OS/c23-19-12-18(14-26-21(19)25-13-17-7-1-2-9-24-17)27-22(28)16-6-3-5-15(11-16)20-8-4-10-29-20/h1-12,14H,13H2,(H,25,26)(H,27,28). The normalized spacial score (nSPS) is 10.5. The zero-order valence-electron chi connectivity index (χ0n) is 15.3. The lowest BCUT2D eigenvalue weighted by Crippen LogP contribution is -2.12. The molecule has 5 nitrogen and oxygen atoms in total. The number of hydrogen-bond donors (Lipinski definition) is 2. The number of hydrogen-bond acceptors (Lipinski definition) is 5. The second-order valence-electron chi connectivity index (χ2n) is 6.24. The first-order valence-corrected chi connectivity index (χ1v) is 10.2. The summed E-state index contributed by atoms with van der Waals surface area (Å²) in [6, 6.07) is 18.9. The van der Waals surface area contributed by atoms with Gasteiger partial charge in [0.05, 0.1) is 29.1 Å². The molecule has 4 aromatic rings. The van der Waals surface area contributed by atoms with Crippen molar-refractivity contribution in [3.8, 4) is 10.4 Å². The fourth-order valence-electron chi connectivity index (χ4n) is 2.77. The Morgan fingerprint density at radius 2 is 1.97 bits per heavy atom. The molecule has 1 aromatic carbocycles. The van der Waals surface area contributed by atoms with Crippen molar-refractivity contribution in [1.29, 1.82) is 0 Å². The molecule has 144 valence electrons. The maximum atomic E-state index is 12.6. The molecule has 0 radical (unpaired) electrons. The fraction of sp³-hybridized carbons (Fsp3) is 0.0455. The average molecular weight is 421 g/mol. The minimum atomic E-state index is -0.213. The summed E-state index contributed by atoms with van der Waals surface area (Å²) < 4.78 is 0. The van der Waals surface area contributed by atoms with E-state index in [1.807, 2.05) is 53.9 Å². The highest BCUT2D eigenvalue weighted by atomic mass is 35.5. The second kappa shape index (κ2) is 8.86. The number of anilines is 2. The molecule has 0 aliphatic heterocycles. The van der Waals surface area contributed by atoms with Gasteiger partial charge in [-0.2, -0.15) is 0 Å². The maximum absolute atomic E-state index is 12.6. The third kappa shape index (κ3) is 4.80. The number of halogens is 1. The van der Waals surface area contributed by atoms with Gasteiger partial charge in [0, 0.05) is 16.6 Å². The van der Waals surface area contributed by atoms with Crippen LogP contribution in [0.25, 0.3) is 10.4 Å². The maximum Gasteiger partial charge on any atom is 0.255 e. The van der Waals surface area contributed by atoms with Crippen LogP contribution in [0.3, 0.4) is 0 Å². The smallest absolute Gasteiger partial charge is 0.255 e. The number of thiophene rings is 1. The van der Waals surface area contributed by atoms with E-state index in [0.29, 0.717) is 28.6 Å². The number of rotatable bonds is 6. The Bertz CT molecular complexity index is 1120. The molecule has 0 saturated carbocycles. The molecule has 0 spiro atoms. The van der Waals surface area contributed by atoms with Gasteiger partial charge in [-0.1, -0.05) is 35.9 Å². The number of carbonyl (C=O) groups is 1. The zero-order chi connectivity index (χ0) is 20.1. The summed E-state index contributed by atoms with van der Waals surface area (Å²) in [5.41, 5.74) is 3.00. The van der Waals surface area contributed by atoms with Gasteiger partial charge in [0.2, 0.25) is 0 Å². The highest BCUT2D eigenvalue weighted by Gasteiger charge is 2.10. The van der Waals surface area contributed by atoms with Crippen molar-refractivity contribution in [2.75, 3.05) is 10.6 Å². The van der Waals surface area contributed by atoms with E-state index in [4.69, 9.17) is 11.6 Å². The molecule has 3 heterocycles. The summed E-state index contributed by atoms with van der Waals surface area (Å²) in [7, 11) is 0. The van der Waals surface area contributed by atoms with Crippen LogP contribution in [0.5, 0.6) is 0 Å². The molecule has 0 saturated heterocycles. The van der Waals surface area contributed by atoms with Crippen LogP contribution in [0.4, 0.5) is 11.5 Å². The van der Waals surface area contributed by atoms with Crippen molar-refractivity contribution >= 4 is 40.4 Å². The minimum Gasteiger partial charge on any atom is -0.363 e. The van der Waals surface area contributed by atoms with Crippen LogP contribution >= 0.6 is 22.9 Å². The van der Waals surface area contributed by atoms with E-state index < -0.39 is 0 Å². The van der Waals surface area contributed by atoms with Crippen molar-refractivity contribution in [2.24, 2.45) is 0 Å².